The van der Waals surface area contributed by atoms with E-state index in [-0.39, 0.29) is 5.91 Å². The summed E-state index contributed by atoms with van der Waals surface area (Å²) in [6.07, 6.45) is 1.65. The third-order valence-electron chi connectivity index (χ3n) is 1.32. The Kier molecular flexibility index (Phi) is 2.99. The molecule has 4 heteroatoms. The van der Waals surface area contributed by atoms with Gasteiger partial charge in [-0.05, 0) is 18.4 Å². The van der Waals surface area contributed by atoms with Gasteiger partial charge in [0.2, 0.25) is 5.91 Å². The average molecular weight is 182 g/mol. The number of amides is 1. The number of aryl methyl sites for hydroxylation is 1. The number of nitrogens with one attached hydrogen (secondary N) is 1. The highest BCUT2D eigenvalue weighted by atomic mass is 32.1. The van der Waals surface area contributed by atoms with Gasteiger partial charge in [0.15, 0.2) is 0 Å². The van der Waals surface area contributed by atoms with Crippen LogP contribution in [-0.4, -0.2) is 12.1 Å². The van der Waals surface area contributed by atoms with E-state index in [9.17, 15) is 4.79 Å². The van der Waals surface area contributed by atoms with Crippen LogP contribution in [0.4, 0.5) is 0 Å². The van der Waals surface area contributed by atoms with E-state index in [1.54, 1.807) is 17.6 Å². The van der Waals surface area contributed by atoms with Crippen LogP contribution in [0, 0.1) is 6.92 Å². The van der Waals surface area contributed by atoms with Crippen molar-refractivity contribution >= 4 is 23.5 Å². The second-order valence-corrected chi connectivity index (χ2v) is 3.48. The first kappa shape index (κ1) is 8.93. The predicted octanol–water partition coefficient (Wildman–Crippen LogP) is 1.53. The molecule has 0 atom stereocenters. The summed E-state index contributed by atoms with van der Waals surface area (Å²) in [5, 5.41) is 5.75. The molecule has 0 fully saturated rings. The highest BCUT2D eigenvalue weighted by Gasteiger charge is 1.94. The topological polar surface area (TPSA) is 41.5 Å². The highest BCUT2D eigenvalue weighted by Crippen LogP contribution is 2.12. The molecule has 1 rings (SSSR count). The van der Waals surface area contributed by atoms with Gasteiger partial charge in [-0.1, -0.05) is 0 Å². The molecule has 0 bridgehead atoms. The molecule has 0 aliphatic heterocycles. The maximum atomic E-state index is 10.4. The van der Waals surface area contributed by atoms with Crippen LogP contribution in [0.5, 0.6) is 0 Å². The molecule has 1 amide bonds. The highest BCUT2D eigenvalue weighted by molar-refractivity contribution is 7.10. The van der Waals surface area contributed by atoms with Crippen LogP contribution in [0.2, 0.25) is 0 Å². The minimum Gasteiger partial charge on any atom is -0.274 e. The molecule has 0 unspecified atom stereocenters. The van der Waals surface area contributed by atoms with Crippen LogP contribution < -0.4 is 5.43 Å². The lowest BCUT2D eigenvalue weighted by molar-refractivity contribution is -0.118. The zero-order valence-corrected chi connectivity index (χ0v) is 7.81. The largest absolute Gasteiger partial charge is 0.274 e. The third-order valence-corrected chi connectivity index (χ3v) is 2.19. The summed E-state index contributed by atoms with van der Waals surface area (Å²) >= 11 is 1.66. The smallest absolute Gasteiger partial charge is 0.236 e. The van der Waals surface area contributed by atoms with Crippen molar-refractivity contribution in [3.05, 3.63) is 21.9 Å². The van der Waals surface area contributed by atoms with Crippen molar-refractivity contribution in [3.63, 3.8) is 0 Å². The quantitative estimate of drug-likeness (QED) is 0.547. The van der Waals surface area contributed by atoms with Crippen LogP contribution in [-0.2, 0) is 4.79 Å². The van der Waals surface area contributed by atoms with Crippen LogP contribution in [0.1, 0.15) is 17.4 Å². The third kappa shape index (κ3) is 2.47. The van der Waals surface area contributed by atoms with Crippen molar-refractivity contribution in [3.8, 4) is 0 Å². The minimum absolute atomic E-state index is 0.154. The van der Waals surface area contributed by atoms with Crippen LogP contribution in [0.3, 0.4) is 0 Å². The monoisotopic (exact) mass is 182 g/mol. The summed E-state index contributed by atoms with van der Waals surface area (Å²) in [6.45, 7) is 3.44. The molecular weight excluding hydrogens is 172 g/mol. The molecule has 0 saturated heterocycles. The Morgan fingerprint density at radius 2 is 2.50 bits per heavy atom. The molecule has 3 nitrogen and oxygen atoms in total. The average Bonchev–Trinajstić information content (AvgIpc) is 2.36. The van der Waals surface area contributed by atoms with E-state index in [1.807, 2.05) is 18.4 Å². The number of thiophene rings is 1. The van der Waals surface area contributed by atoms with E-state index < -0.39 is 0 Å². The molecule has 0 radical (unpaired) electrons. The summed E-state index contributed by atoms with van der Waals surface area (Å²) in [5.74, 6) is -0.154. The first-order valence-electron chi connectivity index (χ1n) is 3.54. The second-order valence-electron chi connectivity index (χ2n) is 2.36. The van der Waals surface area contributed by atoms with Gasteiger partial charge >= 0.3 is 0 Å². The van der Waals surface area contributed by atoms with Gasteiger partial charge in [0.1, 0.15) is 0 Å². The van der Waals surface area contributed by atoms with E-state index in [4.69, 9.17) is 0 Å². The van der Waals surface area contributed by atoms with Crippen LogP contribution in [0.15, 0.2) is 16.5 Å². The molecule has 12 heavy (non-hydrogen) atoms. The van der Waals surface area contributed by atoms with Gasteiger partial charge in [-0.2, -0.15) is 5.10 Å². The molecule has 0 saturated carbocycles. The summed E-state index contributed by atoms with van der Waals surface area (Å²) in [4.78, 5) is 11.6. The fourth-order valence-electron chi connectivity index (χ4n) is 0.721. The van der Waals surface area contributed by atoms with Crippen LogP contribution >= 0.6 is 11.3 Å². The Hall–Kier alpha value is -1.16. The van der Waals surface area contributed by atoms with Gasteiger partial charge in [-0.3, -0.25) is 4.79 Å². The Labute approximate surface area is 75.1 Å². The van der Waals surface area contributed by atoms with Crippen molar-refractivity contribution in [2.24, 2.45) is 5.10 Å². The molecule has 1 N–H and O–H groups in total. The molecule has 64 valence electrons. The van der Waals surface area contributed by atoms with Crippen molar-refractivity contribution in [2.75, 3.05) is 0 Å². The number of hydrogen-bond donors (Lipinski definition) is 1. The SMILES string of the molecule is CC(=O)N/N=C/c1ccsc1C. The number of carbonyl (C=O) groups is 1. The van der Waals surface area contributed by atoms with Crippen molar-refractivity contribution in [2.45, 2.75) is 13.8 Å². The Bertz CT molecular complexity index is 304. The molecule has 0 aliphatic rings. The molecular formula is C8H10N2OS. The minimum atomic E-state index is -0.154. The zero-order chi connectivity index (χ0) is 8.97. The number of nitrogens with zero attached hydrogens (tertiary/aromatic N) is 1. The predicted molar refractivity (Wildman–Crippen MR) is 50.5 cm³/mol. The van der Waals surface area contributed by atoms with Gasteiger partial charge in [-0.15, -0.1) is 11.3 Å². The Morgan fingerprint density at radius 3 is 3.00 bits per heavy atom. The van der Waals surface area contributed by atoms with E-state index in [1.165, 1.54) is 11.8 Å². The fourth-order valence-corrected chi connectivity index (χ4v) is 1.40. The summed E-state index contributed by atoms with van der Waals surface area (Å²) in [6, 6.07) is 1.96. The van der Waals surface area contributed by atoms with E-state index >= 15 is 0 Å². The number of hydrazone groups is 1. The van der Waals surface area contributed by atoms with Crippen molar-refractivity contribution in [1.82, 2.24) is 5.43 Å². The normalized spacial score (nSPS) is 10.5. The van der Waals surface area contributed by atoms with Gasteiger partial charge in [0.25, 0.3) is 0 Å². The van der Waals surface area contributed by atoms with Gasteiger partial charge < -0.3 is 0 Å². The lowest BCUT2D eigenvalue weighted by atomic mass is 10.3. The molecule has 1 heterocycles. The summed E-state index contributed by atoms with van der Waals surface area (Å²) < 4.78 is 0. The van der Waals surface area contributed by atoms with Crippen molar-refractivity contribution in [1.29, 1.82) is 0 Å². The first-order valence-corrected chi connectivity index (χ1v) is 4.42. The Balaban J connectivity index is 2.57. The molecule has 0 aliphatic carbocycles. The van der Waals surface area contributed by atoms with E-state index in [0.717, 1.165) is 5.56 Å². The Morgan fingerprint density at radius 1 is 1.75 bits per heavy atom. The first-order chi connectivity index (χ1) is 5.70. The van der Waals surface area contributed by atoms with Crippen molar-refractivity contribution < 1.29 is 4.79 Å². The van der Waals surface area contributed by atoms with Crippen LogP contribution in [0.25, 0.3) is 0 Å². The molecule has 0 spiro atoms. The lowest BCUT2D eigenvalue weighted by Crippen LogP contribution is -2.12. The number of carbonyl (C=O) groups excluding carboxylic acids is 1. The van der Waals surface area contributed by atoms with Gasteiger partial charge in [0, 0.05) is 17.4 Å². The zero-order valence-electron chi connectivity index (χ0n) is 7.00. The molecule has 0 aromatic carbocycles. The van der Waals surface area contributed by atoms with Gasteiger partial charge in [0.05, 0.1) is 6.21 Å². The molecule has 1 aromatic rings. The van der Waals surface area contributed by atoms with E-state index in [0.29, 0.717) is 0 Å². The summed E-state index contributed by atoms with van der Waals surface area (Å²) in [5.41, 5.74) is 3.40. The second kappa shape index (κ2) is 4.01. The standard InChI is InChI=1S/C8H10N2OS/c1-6-8(3-4-12-6)5-9-10-7(2)11/h3-5H,1-2H3,(H,10,11)/b9-5+. The maximum absolute atomic E-state index is 10.4. The molecule has 1 aromatic heterocycles. The number of rotatable bonds is 2. The number of hydrogen-bond acceptors (Lipinski definition) is 3. The summed E-state index contributed by atoms with van der Waals surface area (Å²) in [7, 11) is 0. The van der Waals surface area contributed by atoms with Gasteiger partial charge in [-0.25, -0.2) is 5.43 Å². The van der Waals surface area contributed by atoms with E-state index in [2.05, 4.69) is 10.5 Å². The lowest BCUT2D eigenvalue weighted by Gasteiger charge is -1.90. The fraction of sp³-hybridized carbons (Fsp3) is 0.250. The maximum Gasteiger partial charge on any atom is 0.236 e.